The number of azo groups is 3. The molecule has 4 aromatic rings. The zero-order chi connectivity index (χ0) is 46.1. The Hall–Kier alpha value is -5.69. The van der Waals surface area contributed by atoms with Crippen LogP contribution in [0.4, 0.5) is 17.1 Å². The van der Waals surface area contributed by atoms with Crippen LogP contribution in [-0.2, 0) is 0 Å². The monoisotopic (exact) mass is 888 g/mol. The lowest BCUT2D eigenvalue weighted by Gasteiger charge is -2.16. The molecule has 3 unspecified atom stereocenters. The molecule has 0 fully saturated rings. The third kappa shape index (κ3) is 15.8. The number of benzene rings is 4. The van der Waals surface area contributed by atoms with Crippen molar-refractivity contribution in [2.75, 3.05) is 19.8 Å². The predicted molar refractivity (Wildman–Crippen MR) is 258 cm³/mol. The molecular formula is C51H68N6O6Si. The summed E-state index contributed by atoms with van der Waals surface area (Å²) >= 11 is 0. The van der Waals surface area contributed by atoms with Gasteiger partial charge in [-0.25, -0.2) is 0 Å². The van der Waals surface area contributed by atoms with Crippen LogP contribution >= 0.6 is 0 Å². The fourth-order valence-corrected chi connectivity index (χ4v) is 7.56. The minimum Gasteiger partial charge on any atom is -0.492 e. The van der Waals surface area contributed by atoms with Gasteiger partial charge in [0.15, 0.2) is 0 Å². The minimum absolute atomic E-state index is 0.0236. The Morgan fingerprint density at radius 1 is 0.469 bits per heavy atom. The van der Waals surface area contributed by atoms with E-state index >= 15 is 0 Å². The zero-order valence-corrected chi connectivity index (χ0v) is 41.1. The van der Waals surface area contributed by atoms with E-state index in [9.17, 15) is 14.4 Å². The Morgan fingerprint density at radius 3 is 1.17 bits per heavy atom. The largest absolute Gasteiger partial charge is 0.492 e. The van der Waals surface area contributed by atoms with Crippen molar-refractivity contribution in [2.24, 2.45) is 48.4 Å². The highest BCUT2D eigenvalue weighted by Gasteiger charge is 2.20. The van der Waals surface area contributed by atoms with Crippen molar-refractivity contribution in [3.63, 3.8) is 0 Å². The first-order valence-electron chi connectivity index (χ1n) is 23.3. The van der Waals surface area contributed by atoms with Crippen LogP contribution in [0.25, 0.3) is 0 Å². The average molecular weight is 889 g/mol. The van der Waals surface area contributed by atoms with Crippen LogP contribution in [0.5, 0.6) is 17.2 Å². The number of unbranched alkanes of at least 4 members (excludes halogenated alkanes) is 3. The molecule has 0 saturated heterocycles. The van der Waals surface area contributed by atoms with Crippen LogP contribution in [-0.4, -0.2) is 47.8 Å². The van der Waals surface area contributed by atoms with Gasteiger partial charge in [0.25, 0.3) is 17.7 Å². The minimum atomic E-state index is -0.653. The molecule has 0 aliphatic carbocycles. The Bertz CT molecular complexity index is 2190. The Kier molecular flexibility index (Phi) is 22.4. The zero-order valence-electron chi connectivity index (χ0n) is 39.1. The molecule has 0 saturated carbocycles. The lowest BCUT2D eigenvalue weighted by molar-refractivity contribution is 0.0980. The van der Waals surface area contributed by atoms with Crippen LogP contribution < -0.4 is 19.4 Å². The number of nitrogens with zero attached hydrogens (tertiary/aromatic N) is 6. The summed E-state index contributed by atoms with van der Waals surface area (Å²) in [4.78, 5) is 41.2. The van der Waals surface area contributed by atoms with Gasteiger partial charge in [-0.1, -0.05) is 142 Å². The molecule has 3 amide bonds. The fourth-order valence-electron chi connectivity index (χ4n) is 7.05. The summed E-state index contributed by atoms with van der Waals surface area (Å²) in [5.74, 6) is 0.415. The summed E-state index contributed by atoms with van der Waals surface area (Å²) in [5, 5.41) is 26.2. The molecule has 0 N–H and O–H groups in total. The van der Waals surface area contributed by atoms with E-state index in [1.165, 1.54) is 0 Å². The second-order valence-corrected chi connectivity index (χ2v) is 17.4. The topological polar surface area (TPSA) is 153 Å². The summed E-state index contributed by atoms with van der Waals surface area (Å²) in [6.45, 7) is 14.3. The molecule has 342 valence electrons. The van der Waals surface area contributed by atoms with Crippen LogP contribution in [0.1, 0.15) is 150 Å². The summed E-state index contributed by atoms with van der Waals surface area (Å²) in [5.41, 5.74) is 1.06. The molecule has 4 rings (SSSR count). The van der Waals surface area contributed by atoms with Crippen molar-refractivity contribution in [3.05, 3.63) is 102 Å². The van der Waals surface area contributed by atoms with Crippen molar-refractivity contribution in [3.8, 4) is 17.2 Å². The first-order valence-corrected chi connectivity index (χ1v) is 24.3. The molecule has 3 atom stereocenters. The van der Waals surface area contributed by atoms with Gasteiger partial charge in [-0.15, -0.1) is 30.7 Å². The first kappa shape index (κ1) is 50.9. The van der Waals surface area contributed by atoms with Gasteiger partial charge < -0.3 is 14.2 Å². The van der Waals surface area contributed by atoms with E-state index in [2.05, 4.69) is 72.2 Å². The van der Waals surface area contributed by atoms with Crippen molar-refractivity contribution >= 4 is 50.2 Å². The molecule has 0 spiro atoms. The van der Waals surface area contributed by atoms with Gasteiger partial charge in [0.1, 0.15) is 34.3 Å². The second-order valence-electron chi connectivity index (χ2n) is 16.3. The second kappa shape index (κ2) is 28.2. The van der Waals surface area contributed by atoms with E-state index in [4.69, 9.17) is 14.2 Å². The van der Waals surface area contributed by atoms with Gasteiger partial charge >= 0.3 is 0 Å². The third-order valence-corrected chi connectivity index (χ3v) is 12.3. The van der Waals surface area contributed by atoms with Crippen LogP contribution in [0.15, 0.2) is 116 Å². The average Bonchev–Trinajstić information content (AvgIpc) is 3.32. The lowest BCUT2D eigenvalue weighted by atomic mass is 10.0. The van der Waals surface area contributed by atoms with Gasteiger partial charge in [-0.2, -0.15) is 0 Å². The van der Waals surface area contributed by atoms with E-state index in [0.717, 1.165) is 77.0 Å². The van der Waals surface area contributed by atoms with Crippen molar-refractivity contribution in [1.29, 1.82) is 0 Å². The number of hydrogen-bond donors (Lipinski definition) is 0. The number of carbonyl (C=O) groups excluding carboxylic acids is 3. The quantitative estimate of drug-likeness (QED) is 0.0429. The molecule has 0 aliphatic rings. The lowest BCUT2D eigenvalue weighted by Crippen LogP contribution is -2.13. The van der Waals surface area contributed by atoms with E-state index in [-0.39, 0.29) is 33.8 Å². The SMILES string of the molecule is CCCCC(CC)COc1ccccc1C(=O)N=Nc1ccc([SiH3])c(N=NC(=O)c2ccccc2OCC(CC)CCCC)c1N=NC(=O)c1ccccc1OCC(CC)CCCC. The Morgan fingerprint density at radius 2 is 0.812 bits per heavy atom. The molecule has 12 nitrogen and oxygen atoms in total. The van der Waals surface area contributed by atoms with E-state index in [1.807, 2.05) is 18.2 Å². The van der Waals surface area contributed by atoms with Crippen molar-refractivity contribution in [1.82, 2.24) is 0 Å². The van der Waals surface area contributed by atoms with Crippen LogP contribution in [0.3, 0.4) is 0 Å². The van der Waals surface area contributed by atoms with E-state index in [0.29, 0.717) is 70.3 Å². The molecule has 0 radical (unpaired) electrons. The smallest absolute Gasteiger partial charge is 0.299 e. The molecule has 0 aromatic heterocycles. The molecule has 13 heteroatoms. The predicted octanol–water partition coefficient (Wildman–Crippen LogP) is 13.2. The Balaban J connectivity index is 1.71. The van der Waals surface area contributed by atoms with Crippen molar-refractivity contribution < 1.29 is 28.6 Å². The number of ether oxygens (including phenoxy) is 3. The molecular weight excluding hydrogens is 821 g/mol. The number of para-hydroxylation sites is 3. The van der Waals surface area contributed by atoms with Crippen LogP contribution in [0, 0.1) is 17.8 Å². The molecule has 64 heavy (non-hydrogen) atoms. The summed E-state index contributed by atoms with van der Waals surface area (Å²) in [7, 11) is 0.453. The summed E-state index contributed by atoms with van der Waals surface area (Å²) in [6, 6.07) is 24.2. The molecule has 0 aliphatic heterocycles. The van der Waals surface area contributed by atoms with Crippen molar-refractivity contribution in [2.45, 2.75) is 119 Å². The summed E-state index contributed by atoms with van der Waals surface area (Å²) in [6.07, 6.45) is 12.6. The maximum absolute atomic E-state index is 13.8. The molecule has 0 bridgehead atoms. The highest BCUT2D eigenvalue weighted by atomic mass is 28.1. The van der Waals surface area contributed by atoms with Gasteiger partial charge in [0.2, 0.25) is 0 Å². The number of rotatable bonds is 27. The highest BCUT2D eigenvalue weighted by molar-refractivity contribution is 6.36. The van der Waals surface area contributed by atoms with E-state index in [1.54, 1.807) is 66.7 Å². The van der Waals surface area contributed by atoms with Gasteiger partial charge in [-0.3, -0.25) is 14.4 Å². The number of amides is 3. The highest BCUT2D eigenvalue weighted by Crippen LogP contribution is 2.38. The maximum Gasteiger partial charge on any atom is 0.299 e. The first-order chi connectivity index (χ1) is 31.2. The van der Waals surface area contributed by atoms with Gasteiger partial charge in [0.05, 0.1) is 36.5 Å². The molecule has 4 aromatic carbocycles. The van der Waals surface area contributed by atoms with Crippen LogP contribution in [0.2, 0.25) is 0 Å². The standard InChI is InChI=1S/C51H68N6O6Si/c1-7-13-22-36(10-4)33-61-43-28-19-16-25-39(43)49(58)55-52-42-31-32-46(64)48(54-57-51(60)41-27-18-21-30-45(41)63-35-38(12-6)24-15-9-3)47(42)53-56-50(59)40-26-17-20-29-44(40)62-34-37(11-5)23-14-8-2/h16-21,25-32,36-38H,7-15,22-24,33-35H2,1-6,64H3. The Labute approximate surface area is 383 Å². The number of hydrogen-bond acceptors (Lipinski definition) is 9. The number of carbonyl (C=O) groups is 3. The summed E-state index contributed by atoms with van der Waals surface area (Å²) < 4.78 is 18.5. The molecule has 0 heterocycles. The maximum atomic E-state index is 13.8. The fraction of sp³-hybridized carbons (Fsp3) is 0.471. The van der Waals surface area contributed by atoms with Gasteiger partial charge in [-0.05, 0) is 84.7 Å². The normalized spacial score (nSPS) is 13.1. The van der Waals surface area contributed by atoms with Gasteiger partial charge in [0, 0.05) is 10.2 Å². The third-order valence-electron chi connectivity index (χ3n) is 11.5. The van der Waals surface area contributed by atoms with E-state index < -0.39 is 17.7 Å².